The van der Waals surface area contributed by atoms with E-state index in [1.165, 1.54) is 0 Å². The van der Waals surface area contributed by atoms with Gasteiger partial charge in [-0.25, -0.2) is 4.79 Å². The number of amides is 3. The van der Waals surface area contributed by atoms with Crippen molar-refractivity contribution in [2.45, 2.75) is 96.9 Å². The van der Waals surface area contributed by atoms with Gasteiger partial charge in [-0.15, -0.1) is 0 Å². The van der Waals surface area contributed by atoms with Crippen molar-refractivity contribution in [2.75, 3.05) is 13.1 Å². The summed E-state index contributed by atoms with van der Waals surface area (Å²) in [6, 6.07) is 25.1. The highest BCUT2D eigenvalue weighted by molar-refractivity contribution is 5.86. The second-order valence-corrected chi connectivity index (χ2v) is 14.7. The number of hydrogen-bond acceptors (Lipinski definition) is 8. The number of nitrogens with one attached hydrogen (secondary N) is 3. The second kappa shape index (κ2) is 18.5. The van der Waals surface area contributed by atoms with Crippen molar-refractivity contribution in [3.05, 3.63) is 108 Å². The normalized spacial score (nSPS) is 14.8. The molecule has 5 atom stereocenters. The fourth-order valence-electron chi connectivity index (χ4n) is 5.73. The van der Waals surface area contributed by atoms with Gasteiger partial charge in [-0.3, -0.25) is 4.79 Å². The molecule has 0 bridgehead atoms. The van der Waals surface area contributed by atoms with Gasteiger partial charge in [0.1, 0.15) is 17.7 Å². The van der Waals surface area contributed by atoms with Crippen LogP contribution in [0.25, 0.3) is 0 Å². The van der Waals surface area contributed by atoms with Crippen LogP contribution in [0.15, 0.2) is 91.0 Å². The van der Waals surface area contributed by atoms with Crippen LogP contribution in [0, 0.1) is 5.41 Å². The van der Waals surface area contributed by atoms with Crippen molar-refractivity contribution in [2.24, 2.45) is 5.41 Å². The molecule has 0 aliphatic carbocycles. The number of carboxylic acid groups (broad SMARTS) is 1. The Morgan fingerprint density at radius 2 is 1.12 bits per heavy atom. The zero-order chi connectivity index (χ0) is 36.9. The zero-order valence-electron chi connectivity index (χ0n) is 30.0. The van der Waals surface area contributed by atoms with E-state index in [9.17, 15) is 29.7 Å². The number of rotatable bonds is 16. The molecule has 3 amide bonds. The van der Waals surface area contributed by atoms with Gasteiger partial charge in [0.2, 0.25) is 5.91 Å². The van der Waals surface area contributed by atoms with E-state index in [0.29, 0.717) is 12.0 Å². The van der Waals surface area contributed by atoms with E-state index in [1.807, 2.05) is 66.7 Å². The first-order valence-corrected chi connectivity index (χ1v) is 17.0. The summed E-state index contributed by atoms with van der Waals surface area (Å²) in [4.78, 5) is 40.1. The summed E-state index contributed by atoms with van der Waals surface area (Å²) in [5.74, 6) is -0.567. The van der Waals surface area contributed by atoms with Gasteiger partial charge in [0.25, 0.3) is 0 Å². The lowest BCUT2D eigenvalue weighted by Gasteiger charge is -2.41. The van der Waals surface area contributed by atoms with Crippen LogP contribution in [0.4, 0.5) is 9.59 Å². The van der Waals surface area contributed by atoms with Gasteiger partial charge in [0, 0.05) is 19.6 Å². The Morgan fingerprint density at radius 1 is 0.700 bits per heavy atom. The maximum absolute atomic E-state index is 14.0. The monoisotopic (exact) mass is 689 g/mol. The van der Waals surface area contributed by atoms with Crippen molar-refractivity contribution >= 4 is 18.1 Å². The van der Waals surface area contributed by atoms with Gasteiger partial charge >= 0.3 is 6.09 Å². The molecule has 50 heavy (non-hydrogen) atoms. The minimum atomic E-state index is -1.48. The summed E-state index contributed by atoms with van der Waals surface area (Å²) in [6.45, 7) is 10.5. The molecular weight excluding hydrogens is 636 g/mol. The Labute approximate surface area is 296 Å². The Balaban J connectivity index is 1.76. The molecular formula is C39H53N4O7-. The molecule has 0 aliphatic heterocycles. The summed E-state index contributed by atoms with van der Waals surface area (Å²) < 4.78 is 5.43. The van der Waals surface area contributed by atoms with Gasteiger partial charge < -0.3 is 45.7 Å². The molecule has 11 heteroatoms. The zero-order valence-corrected chi connectivity index (χ0v) is 30.0. The fraction of sp³-hybridized carbons (Fsp3) is 0.462. The van der Waals surface area contributed by atoms with Crippen molar-refractivity contribution in [1.82, 2.24) is 20.9 Å². The lowest BCUT2D eigenvalue weighted by Crippen LogP contribution is -2.61. The van der Waals surface area contributed by atoms with Gasteiger partial charge in [-0.05, 0) is 55.7 Å². The minimum absolute atomic E-state index is 0.0104. The standard InChI is InChI=1S/C39H54N4O7/c1-38(2,3)34(43(37(48)49)26-29-20-14-9-15-21-29)35(46)41-30(22-27-16-10-7-11-17-27)32(44)24-40-25-33(45)31(23-28-18-12-8-13-19-28)42-36(47)50-39(4,5)6/h7-21,30-34,40,44-45H,22-26H2,1-6H3,(H,41,46)(H,42,47)(H,48,49)/p-1/t30-,31-,32+,33+,34+/m0/s1. The molecule has 3 aromatic carbocycles. The summed E-state index contributed by atoms with van der Waals surface area (Å²) in [5, 5.41) is 43.9. The molecule has 0 saturated heterocycles. The Kier molecular flexibility index (Phi) is 14.8. The van der Waals surface area contributed by atoms with Crippen LogP contribution in [0.3, 0.4) is 0 Å². The SMILES string of the molecule is CC(C)(C)OC(=O)N[C@@H](Cc1ccccc1)[C@H](O)CNC[C@@H](O)[C@H](Cc1ccccc1)NC(=O)[C@@H](N(Cc1ccccc1)C(=O)[O-])C(C)(C)C. The van der Waals surface area contributed by atoms with Gasteiger partial charge in [0.15, 0.2) is 0 Å². The molecule has 272 valence electrons. The molecule has 11 nitrogen and oxygen atoms in total. The van der Waals surface area contributed by atoms with Crippen molar-refractivity contribution in [3.8, 4) is 0 Å². The Morgan fingerprint density at radius 3 is 1.52 bits per heavy atom. The number of ether oxygens (including phenoxy) is 1. The van der Waals surface area contributed by atoms with Gasteiger partial charge in [-0.1, -0.05) is 112 Å². The van der Waals surface area contributed by atoms with E-state index in [0.717, 1.165) is 16.0 Å². The van der Waals surface area contributed by atoms with Crippen LogP contribution in [0.5, 0.6) is 0 Å². The summed E-state index contributed by atoms with van der Waals surface area (Å²) >= 11 is 0. The molecule has 0 radical (unpaired) electrons. The first-order chi connectivity index (χ1) is 23.5. The van der Waals surface area contributed by atoms with E-state index in [2.05, 4.69) is 16.0 Å². The topological polar surface area (TPSA) is 163 Å². The van der Waals surface area contributed by atoms with Gasteiger partial charge in [-0.2, -0.15) is 0 Å². The van der Waals surface area contributed by atoms with E-state index < -0.39 is 59.4 Å². The highest BCUT2D eigenvalue weighted by atomic mass is 16.6. The summed E-state index contributed by atoms with van der Waals surface area (Å²) in [6.07, 6.45) is -3.74. The number of benzene rings is 3. The largest absolute Gasteiger partial charge is 0.530 e. The van der Waals surface area contributed by atoms with E-state index in [-0.39, 0.29) is 26.1 Å². The average molecular weight is 690 g/mol. The molecule has 5 N–H and O–H groups in total. The summed E-state index contributed by atoms with van der Waals surface area (Å²) in [7, 11) is 0. The number of aliphatic hydroxyl groups is 2. The highest BCUT2D eigenvalue weighted by Crippen LogP contribution is 2.27. The highest BCUT2D eigenvalue weighted by Gasteiger charge is 2.38. The fourth-order valence-corrected chi connectivity index (χ4v) is 5.73. The predicted molar refractivity (Wildman–Crippen MR) is 191 cm³/mol. The lowest BCUT2D eigenvalue weighted by atomic mass is 9.84. The number of aliphatic hydroxyl groups excluding tert-OH is 2. The van der Waals surface area contributed by atoms with Crippen LogP contribution in [0.1, 0.15) is 58.2 Å². The molecule has 0 aromatic heterocycles. The molecule has 3 rings (SSSR count). The van der Waals surface area contributed by atoms with Crippen molar-refractivity contribution in [1.29, 1.82) is 0 Å². The third-order valence-electron chi connectivity index (χ3n) is 8.07. The molecule has 0 saturated carbocycles. The predicted octanol–water partition coefficient (Wildman–Crippen LogP) is 3.42. The van der Waals surface area contributed by atoms with Crippen molar-refractivity contribution in [3.63, 3.8) is 0 Å². The van der Waals surface area contributed by atoms with Gasteiger partial charge in [0.05, 0.1) is 24.3 Å². The Bertz CT molecular complexity index is 1480. The van der Waals surface area contributed by atoms with Crippen LogP contribution >= 0.6 is 0 Å². The molecule has 0 aliphatic rings. The summed E-state index contributed by atoms with van der Waals surface area (Å²) in [5.41, 5.74) is 0.921. The van der Waals surface area contributed by atoms with Crippen LogP contribution < -0.4 is 21.1 Å². The second-order valence-electron chi connectivity index (χ2n) is 14.7. The first-order valence-electron chi connectivity index (χ1n) is 17.0. The molecule has 3 aromatic rings. The number of nitrogens with zero attached hydrogens (tertiary/aromatic N) is 1. The molecule has 0 heterocycles. The molecule has 0 spiro atoms. The minimum Gasteiger partial charge on any atom is -0.530 e. The average Bonchev–Trinajstić information content (AvgIpc) is 3.03. The van der Waals surface area contributed by atoms with E-state index >= 15 is 0 Å². The maximum atomic E-state index is 14.0. The third-order valence-corrected chi connectivity index (χ3v) is 8.07. The first kappa shape index (κ1) is 40.0. The van der Waals surface area contributed by atoms with E-state index in [1.54, 1.807) is 65.8 Å². The Hall–Kier alpha value is -4.45. The molecule has 0 fully saturated rings. The van der Waals surface area contributed by atoms with E-state index in [4.69, 9.17) is 4.74 Å². The van der Waals surface area contributed by atoms with Crippen LogP contribution in [-0.2, 0) is 28.9 Å². The molecule has 0 unspecified atom stereocenters. The number of alkyl carbamates (subject to hydrolysis) is 1. The number of carbonyl (C=O) groups excluding carboxylic acids is 3. The van der Waals surface area contributed by atoms with Crippen molar-refractivity contribution < 1.29 is 34.4 Å². The van der Waals surface area contributed by atoms with Crippen LogP contribution in [0.2, 0.25) is 0 Å². The maximum Gasteiger partial charge on any atom is 0.407 e. The smallest absolute Gasteiger partial charge is 0.407 e. The number of carbonyl (C=O) groups is 3. The van der Waals surface area contributed by atoms with Crippen LogP contribution in [-0.4, -0.2) is 82.2 Å². The lowest BCUT2D eigenvalue weighted by molar-refractivity contribution is -0.270. The quantitative estimate of drug-likeness (QED) is 0.153. The number of hydrogen-bond donors (Lipinski definition) is 5. The third kappa shape index (κ3) is 13.5.